The molecule has 0 amide bonds. The number of hydrogen-bond donors (Lipinski definition) is 2. The first-order valence-electron chi connectivity index (χ1n) is 9.50. The summed E-state index contributed by atoms with van der Waals surface area (Å²) in [6.45, 7) is 2.30. The van der Waals surface area contributed by atoms with E-state index in [1.807, 2.05) is 0 Å². The monoisotopic (exact) mass is 346 g/mol. The van der Waals surface area contributed by atoms with Crippen molar-refractivity contribution in [1.29, 1.82) is 0 Å². The van der Waals surface area contributed by atoms with E-state index in [1.54, 1.807) is 0 Å². The Kier molecular flexibility index (Phi) is 6.19. The Morgan fingerprint density at radius 1 is 1.16 bits per heavy atom. The third-order valence-corrected chi connectivity index (χ3v) is 5.74. The van der Waals surface area contributed by atoms with Crippen LogP contribution in [0, 0.1) is 11.8 Å². The molecule has 0 aromatic heterocycles. The number of nitrogens with zero attached hydrogens (tertiary/aromatic N) is 1. The number of carbonyl (C=O) groups is 1. The van der Waals surface area contributed by atoms with E-state index in [1.165, 1.54) is 18.5 Å². The number of carbonyl (C=O) groups excluding carboxylic acids is 1. The molecule has 5 nitrogen and oxygen atoms in total. The van der Waals surface area contributed by atoms with Crippen LogP contribution in [-0.4, -0.2) is 43.9 Å². The van der Waals surface area contributed by atoms with Gasteiger partial charge < -0.3 is 20.1 Å². The molecule has 2 N–H and O–H groups in total. The number of benzene rings is 1. The van der Waals surface area contributed by atoms with E-state index < -0.39 is 0 Å². The van der Waals surface area contributed by atoms with Gasteiger partial charge in [-0.2, -0.15) is 0 Å². The summed E-state index contributed by atoms with van der Waals surface area (Å²) in [6.07, 6.45) is 5.90. The van der Waals surface area contributed by atoms with Gasteiger partial charge in [0.1, 0.15) is 0 Å². The highest BCUT2D eigenvalue weighted by Crippen LogP contribution is 2.33. The minimum atomic E-state index is -0.0643. The smallest absolute Gasteiger partial charge is 0.308 e. The fourth-order valence-corrected chi connectivity index (χ4v) is 4.09. The van der Waals surface area contributed by atoms with E-state index in [-0.39, 0.29) is 11.9 Å². The summed E-state index contributed by atoms with van der Waals surface area (Å²) in [4.78, 5) is 14.1. The number of anilines is 2. The first-order chi connectivity index (χ1) is 12.2. The number of ether oxygens (including phenoxy) is 1. The van der Waals surface area contributed by atoms with Crippen LogP contribution in [0.3, 0.4) is 0 Å². The highest BCUT2D eigenvalue weighted by Gasteiger charge is 2.27. The fourth-order valence-electron chi connectivity index (χ4n) is 4.09. The lowest BCUT2D eigenvalue weighted by molar-refractivity contribution is -0.146. The summed E-state index contributed by atoms with van der Waals surface area (Å²) in [7, 11) is 1.48. The summed E-state index contributed by atoms with van der Waals surface area (Å²) in [6, 6.07) is 8.91. The van der Waals surface area contributed by atoms with Crippen LogP contribution < -0.4 is 10.2 Å². The SMILES string of the molecule is COC(=O)C1CCC(Nc2ccccc2N2CCC(CO)CC2)CC1. The maximum absolute atomic E-state index is 11.7. The van der Waals surface area contributed by atoms with Crippen molar-refractivity contribution in [1.82, 2.24) is 0 Å². The van der Waals surface area contributed by atoms with Crippen molar-refractivity contribution in [3.8, 4) is 0 Å². The largest absolute Gasteiger partial charge is 0.469 e. The van der Waals surface area contributed by atoms with Crippen molar-refractivity contribution < 1.29 is 14.6 Å². The lowest BCUT2D eigenvalue weighted by atomic mass is 9.86. The van der Waals surface area contributed by atoms with Gasteiger partial charge >= 0.3 is 5.97 Å². The predicted molar refractivity (Wildman–Crippen MR) is 99.8 cm³/mol. The van der Waals surface area contributed by atoms with Crippen LogP contribution in [0.5, 0.6) is 0 Å². The van der Waals surface area contributed by atoms with Gasteiger partial charge in [-0.15, -0.1) is 0 Å². The molecule has 1 aliphatic carbocycles. The van der Waals surface area contributed by atoms with Crippen LogP contribution >= 0.6 is 0 Å². The average Bonchev–Trinajstić information content (AvgIpc) is 2.68. The molecule has 0 atom stereocenters. The van der Waals surface area contributed by atoms with Gasteiger partial charge in [-0.05, 0) is 56.6 Å². The van der Waals surface area contributed by atoms with Gasteiger partial charge in [0.2, 0.25) is 0 Å². The topological polar surface area (TPSA) is 61.8 Å². The van der Waals surface area contributed by atoms with E-state index >= 15 is 0 Å². The molecular weight excluding hydrogens is 316 g/mol. The van der Waals surface area contributed by atoms with Crippen LogP contribution in [0.25, 0.3) is 0 Å². The molecule has 138 valence electrons. The number of aliphatic hydroxyl groups is 1. The van der Waals surface area contributed by atoms with Crippen molar-refractivity contribution in [2.75, 3.05) is 37.0 Å². The van der Waals surface area contributed by atoms with Crippen LogP contribution in [0.1, 0.15) is 38.5 Å². The highest BCUT2D eigenvalue weighted by atomic mass is 16.5. The Bertz CT molecular complexity index is 562. The Hall–Kier alpha value is -1.75. The van der Waals surface area contributed by atoms with Gasteiger partial charge in [0, 0.05) is 25.7 Å². The third kappa shape index (κ3) is 4.46. The minimum absolute atomic E-state index is 0.0643. The fraction of sp³-hybridized carbons (Fsp3) is 0.650. The molecule has 1 aromatic rings. The number of nitrogens with one attached hydrogen (secondary N) is 1. The van der Waals surface area contributed by atoms with Crippen LogP contribution in [0.15, 0.2) is 24.3 Å². The van der Waals surface area contributed by atoms with Gasteiger partial charge in [0.15, 0.2) is 0 Å². The molecule has 3 rings (SSSR count). The van der Waals surface area contributed by atoms with Gasteiger partial charge in [0.05, 0.1) is 24.4 Å². The standard InChI is InChI=1S/C20H30N2O3/c1-25-20(24)16-6-8-17(9-7-16)21-18-4-2-3-5-19(18)22-12-10-15(14-23)11-13-22/h2-5,15-17,21,23H,6-14H2,1H3. The van der Waals surface area contributed by atoms with Crippen LogP contribution in [0.4, 0.5) is 11.4 Å². The summed E-state index contributed by atoms with van der Waals surface area (Å²) >= 11 is 0. The zero-order chi connectivity index (χ0) is 17.6. The lowest BCUT2D eigenvalue weighted by Gasteiger charge is -2.35. The van der Waals surface area contributed by atoms with Crippen molar-refractivity contribution in [3.63, 3.8) is 0 Å². The maximum atomic E-state index is 11.7. The molecule has 1 aromatic carbocycles. The third-order valence-electron chi connectivity index (χ3n) is 5.74. The Morgan fingerprint density at radius 3 is 2.48 bits per heavy atom. The van der Waals surface area contributed by atoms with Crippen LogP contribution in [0.2, 0.25) is 0 Å². The average molecular weight is 346 g/mol. The van der Waals surface area contributed by atoms with Gasteiger partial charge in [-0.1, -0.05) is 12.1 Å². The molecular formula is C20H30N2O3. The highest BCUT2D eigenvalue weighted by molar-refractivity contribution is 5.73. The number of rotatable bonds is 5. The number of piperidine rings is 1. The van der Waals surface area contributed by atoms with E-state index in [0.717, 1.165) is 51.6 Å². The molecule has 1 saturated carbocycles. The molecule has 0 bridgehead atoms. The maximum Gasteiger partial charge on any atom is 0.308 e. The summed E-state index contributed by atoms with van der Waals surface area (Å²) < 4.78 is 4.88. The van der Waals surface area contributed by atoms with E-state index in [2.05, 4.69) is 34.5 Å². The zero-order valence-corrected chi connectivity index (χ0v) is 15.1. The first kappa shape index (κ1) is 18.1. The Labute approximate surface area is 150 Å². The van der Waals surface area contributed by atoms with Crippen LogP contribution in [-0.2, 0) is 9.53 Å². The molecule has 1 aliphatic heterocycles. The van der Waals surface area contributed by atoms with Gasteiger partial charge in [0.25, 0.3) is 0 Å². The molecule has 0 spiro atoms. The summed E-state index contributed by atoms with van der Waals surface area (Å²) in [5.41, 5.74) is 2.44. The van der Waals surface area contributed by atoms with Crippen molar-refractivity contribution in [2.45, 2.75) is 44.6 Å². The molecule has 2 aliphatic rings. The van der Waals surface area contributed by atoms with Crippen molar-refractivity contribution >= 4 is 17.3 Å². The van der Waals surface area contributed by atoms with Gasteiger partial charge in [-0.25, -0.2) is 0 Å². The molecule has 1 saturated heterocycles. The lowest BCUT2D eigenvalue weighted by Crippen LogP contribution is -2.36. The number of aliphatic hydroxyl groups excluding tert-OH is 1. The Morgan fingerprint density at radius 2 is 1.84 bits per heavy atom. The normalized spacial score (nSPS) is 24.8. The molecule has 5 heteroatoms. The second-order valence-electron chi connectivity index (χ2n) is 7.35. The predicted octanol–water partition coefficient (Wildman–Crippen LogP) is 3.04. The first-order valence-corrected chi connectivity index (χ1v) is 9.50. The van der Waals surface area contributed by atoms with E-state index in [4.69, 9.17) is 4.74 Å². The summed E-state index contributed by atoms with van der Waals surface area (Å²) in [5, 5.41) is 13.0. The molecule has 2 fully saturated rings. The second-order valence-corrected chi connectivity index (χ2v) is 7.35. The minimum Gasteiger partial charge on any atom is -0.469 e. The number of esters is 1. The molecule has 25 heavy (non-hydrogen) atoms. The second kappa shape index (κ2) is 8.56. The van der Waals surface area contributed by atoms with Crippen molar-refractivity contribution in [2.24, 2.45) is 11.8 Å². The molecule has 0 radical (unpaired) electrons. The van der Waals surface area contributed by atoms with Gasteiger partial charge in [-0.3, -0.25) is 4.79 Å². The molecule has 1 heterocycles. The zero-order valence-electron chi connectivity index (χ0n) is 15.1. The Balaban J connectivity index is 1.60. The summed E-state index contributed by atoms with van der Waals surface area (Å²) in [5.74, 6) is 0.450. The van der Waals surface area contributed by atoms with Crippen molar-refractivity contribution in [3.05, 3.63) is 24.3 Å². The number of para-hydroxylation sites is 2. The molecule has 0 unspecified atom stereocenters. The number of methoxy groups -OCH3 is 1. The number of hydrogen-bond acceptors (Lipinski definition) is 5. The van der Waals surface area contributed by atoms with E-state index in [0.29, 0.717) is 18.6 Å². The quantitative estimate of drug-likeness (QED) is 0.803. The van der Waals surface area contributed by atoms with E-state index in [9.17, 15) is 9.90 Å².